The SMILES string of the molecule is Cc1ccc([C@@H](C)NC(=O)C(=O)Nc2cccc(C(F)(F)F)c2)c(C)c1. The second kappa shape index (κ2) is 7.59. The normalized spacial score (nSPS) is 12.4. The summed E-state index contributed by atoms with van der Waals surface area (Å²) in [6, 6.07) is 9.41. The van der Waals surface area contributed by atoms with Gasteiger partial charge in [-0.1, -0.05) is 29.8 Å². The molecule has 2 N–H and O–H groups in total. The number of benzene rings is 2. The van der Waals surface area contributed by atoms with Crippen molar-refractivity contribution in [1.82, 2.24) is 5.32 Å². The van der Waals surface area contributed by atoms with E-state index in [9.17, 15) is 22.8 Å². The molecule has 0 aromatic heterocycles. The number of carbonyl (C=O) groups excluding carboxylic acids is 2. The topological polar surface area (TPSA) is 58.2 Å². The molecule has 0 heterocycles. The van der Waals surface area contributed by atoms with Gasteiger partial charge in [0.25, 0.3) is 0 Å². The zero-order valence-electron chi connectivity index (χ0n) is 14.6. The van der Waals surface area contributed by atoms with Crippen LogP contribution in [-0.2, 0) is 15.8 Å². The van der Waals surface area contributed by atoms with E-state index in [1.54, 1.807) is 6.92 Å². The molecule has 0 spiro atoms. The number of aryl methyl sites for hydroxylation is 2. The Morgan fingerprint density at radius 2 is 1.69 bits per heavy atom. The maximum atomic E-state index is 12.7. The van der Waals surface area contributed by atoms with E-state index < -0.39 is 29.6 Å². The smallest absolute Gasteiger partial charge is 0.341 e. The maximum Gasteiger partial charge on any atom is 0.416 e. The zero-order chi connectivity index (χ0) is 19.5. The molecular weight excluding hydrogens is 345 g/mol. The summed E-state index contributed by atoms with van der Waals surface area (Å²) in [6.45, 7) is 5.57. The largest absolute Gasteiger partial charge is 0.416 e. The lowest BCUT2D eigenvalue weighted by molar-refractivity contribution is -0.137. The van der Waals surface area contributed by atoms with Crippen molar-refractivity contribution in [3.8, 4) is 0 Å². The standard InChI is InChI=1S/C19H19F3N2O2/c1-11-7-8-16(12(2)9-11)13(3)23-17(25)18(26)24-15-6-4-5-14(10-15)19(20,21)22/h4-10,13H,1-3H3,(H,23,25)(H,24,26)/t13-/m1/s1. The first-order valence-corrected chi connectivity index (χ1v) is 7.94. The van der Waals surface area contributed by atoms with Gasteiger partial charge in [-0.3, -0.25) is 9.59 Å². The van der Waals surface area contributed by atoms with Crippen molar-refractivity contribution in [2.75, 3.05) is 5.32 Å². The van der Waals surface area contributed by atoms with Crippen LogP contribution in [0.4, 0.5) is 18.9 Å². The first kappa shape index (κ1) is 19.5. The van der Waals surface area contributed by atoms with Crippen molar-refractivity contribution in [3.05, 3.63) is 64.7 Å². The van der Waals surface area contributed by atoms with Gasteiger partial charge in [-0.25, -0.2) is 0 Å². The Labute approximate surface area is 149 Å². The van der Waals surface area contributed by atoms with Gasteiger partial charge >= 0.3 is 18.0 Å². The molecule has 2 rings (SSSR count). The molecule has 0 unspecified atom stereocenters. The molecule has 7 heteroatoms. The minimum absolute atomic E-state index is 0.0980. The predicted octanol–water partition coefficient (Wildman–Crippen LogP) is 4.14. The van der Waals surface area contributed by atoms with Crippen LogP contribution in [0.15, 0.2) is 42.5 Å². The molecule has 0 saturated heterocycles. The van der Waals surface area contributed by atoms with E-state index in [-0.39, 0.29) is 5.69 Å². The zero-order valence-corrected chi connectivity index (χ0v) is 14.6. The van der Waals surface area contributed by atoms with Gasteiger partial charge in [0.1, 0.15) is 0 Å². The molecule has 0 saturated carbocycles. The maximum absolute atomic E-state index is 12.7. The van der Waals surface area contributed by atoms with E-state index in [1.807, 2.05) is 32.0 Å². The molecule has 26 heavy (non-hydrogen) atoms. The van der Waals surface area contributed by atoms with Gasteiger partial charge in [-0.05, 0) is 50.1 Å². The number of halogens is 3. The van der Waals surface area contributed by atoms with Crippen LogP contribution in [0.3, 0.4) is 0 Å². The summed E-state index contributed by atoms with van der Waals surface area (Å²) in [5.74, 6) is -1.95. The summed E-state index contributed by atoms with van der Waals surface area (Å²) in [5.41, 5.74) is 1.90. The summed E-state index contributed by atoms with van der Waals surface area (Å²) in [4.78, 5) is 24.0. The number of alkyl halides is 3. The Morgan fingerprint density at radius 1 is 1.00 bits per heavy atom. The lowest BCUT2D eigenvalue weighted by Crippen LogP contribution is -2.37. The summed E-state index contributed by atoms with van der Waals surface area (Å²) in [5, 5.41) is 4.73. The van der Waals surface area contributed by atoms with E-state index in [2.05, 4.69) is 10.6 Å². The van der Waals surface area contributed by atoms with E-state index in [0.29, 0.717) is 0 Å². The van der Waals surface area contributed by atoms with Gasteiger partial charge < -0.3 is 10.6 Å². The molecule has 2 amide bonds. The minimum atomic E-state index is -4.53. The lowest BCUT2D eigenvalue weighted by Gasteiger charge is -2.17. The third kappa shape index (κ3) is 4.84. The predicted molar refractivity (Wildman–Crippen MR) is 92.5 cm³/mol. The fourth-order valence-corrected chi connectivity index (χ4v) is 2.61. The number of rotatable bonds is 3. The first-order chi connectivity index (χ1) is 12.1. The van der Waals surface area contributed by atoms with E-state index >= 15 is 0 Å². The average Bonchev–Trinajstić information content (AvgIpc) is 2.54. The van der Waals surface area contributed by atoms with Crippen LogP contribution in [0.1, 0.15) is 35.2 Å². The van der Waals surface area contributed by atoms with Crippen LogP contribution in [0.2, 0.25) is 0 Å². The number of amides is 2. The number of anilines is 1. The van der Waals surface area contributed by atoms with Crippen molar-refractivity contribution in [2.45, 2.75) is 33.0 Å². The fourth-order valence-electron chi connectivity index (χ4n) is 2.61. The molecule has 0 fully saturated rings. The quantitative estimate of drug-likeness (QED) is 0.805. The van der Waals surface area contributed by atoms with E-state index in [1.165, 1.54) is 6.07 Å². The number of hydrogen-bond acceptors (Lipinski definition) is 2. The molecule has 138 valence electrons. The van der Waals surface area contributed by atoms with Crippen molar-refractivity contribution < 1.29 is 22.8 Å². The minimum Gasteiger partial charge on any atom is -0.341 e. The second-order valence-electron chi connectivity index (χ2n) is 6.09. The van der Waals surface area contributed by atoms with Crippen LogP contribution >= 0.6 is 0 Å². The number of hydrogen-bond donors (Lipinski definition) is 2. The monoisotopic (exact) mass is 364 g/mol. The molecule has 2 aromatic rings. The van der Waals surface area contributed by atoms with Gasteiger partial charge in [0.2, 0.25) is 0 Å². The molecule has 1 atom stereocenters. The average molecular weight is 364 g/mol. The molecule has 0 aliphatic heterocycles. The Morgan fingerprint density at radius 3 is 2.31 bits per heavy atom. The van der Waals surface area contributed by atoms with Crippen LogP contribution in [0.5, 0.6) is 0 Å². The van der Waals surface area contributed by atoms with E-state index in [0.717, 1.165) is 34.9 Å². The molecule has 2 aromatic carbocycles. The summed E-state index contributed by atoms with van der Waals surface area (Å²) in [6.07, 6.45) is -4.53. The highest BCUT2D eigenvalue weighted by Crippen LogP contribution is 2.30. The van der Waals surface area contributed by atoms with Crippen LogP contribution in [0, 0.1) is 13.8 Å². The van der Waals surface area contributed by atoms with Gasteiger partial charge in [-0.2, -0.15) is 13.2 Å². The summed E-state index contributed by atoms with van der Waals surface area (Å²) in [7, 11) is 0. The highest BCUT2D eigenvalue weighted by atomic mass is 19.4. The molecular formula is C19H19F3N2O2. The third-order valence-electron chi connectivity index (χ3n) is 3.89. The molecule has 4 nitrogen and oxygen atoms in total. The molecule has 0 bridgehead atoms. The first-order valence-electron chi connectivity index (χ1n) is 7.94. The fraction of sp³-hybridized carbons (Fsp3) is 0.263. The summed E-state index contributed by atoms with van der Waals surface area (Å²) >= 11 is 0. The highest BCUT2D eigenvalue weighted by molar-refractivity contribution is 6.39. The Hall–Kier alpha value is -2.83. The summed E-state index contributed by atoms with van der Waals surface area (Å²) < 4.78 is 38.1. The molecule has 0 aliphatic carbocycles. The van der Waals surface area contributed by atoms with Gasteiger partial charge in [-0.15, -0.1) is 0 Å². The highest BCUT2D eigenvalue weighted by Gasteiger charge is 2.30. The molecule has 0 aliphatic rings. The van der Waals surface area contributed by atoms with Crippen molar-refractivity contribution in [2.24, 2.45) is 0 Å². The Kier molecular flexibility index (Phi) is 5.69. The second-order valence-corrected chi connectivity index (χ2v) is 6.09. The van der Waals surface area contributed by atoms with Crippen molar-refractivity contribution in [3.63, 3.8) is 0 Å². The van der Waals surface area contributed by atoms with Crippen LogP contribution in [0.25, 0.3) is 0 Å². The van der Waals surface area contributed by atoms with Gasteiger partial charge in [0.05, 0.1) is 11.6 Å². The number of carbonyl (C=O) groups is 2. The lowest BCUT2D eigenvalue weighted by atomic mass is 10.0. The van der Waals surface area contributed by atoms with Crippen LogP contribution < -0.4 is 10.6 Å². The van der Waals surface area contributed by atoms with Gasteiger partial charge in [0, 0.05) is 5.69 Å². The third-order valence-corrected chi connectivity index (χ3v) is 3.89. The van der Waals surface area contributed by atoms with Gasteiger partial charge in [0.15, 0.2) is 0 Å². The van der Waals surface area contributed by atoms with Crippen molar-refractivity contribution >= 4 is 17.5 Å². The Bertz CT molecular complexity index is 832. The van der Waals surface area contributed by atoms with Crippen LogP contribution in [-0.4, -0.2) is 11.8 Å². The van der Waals surface area contributed by atoms with Crippen molar-refractivity contribution in [1.29, 1.82) is 0 Å². The number of nitrogens with one attached hydrogen (secondary N) is 2. The van der Waals surface area contributed by atoms with E-state index in [4.69, 9.17) is 0 Å². The Balaban J connectivity index is 2.05. The molecule has 0 radical (unpaired) electrons.